The molecule has 7 heteroatoms. The van der Waals surface area contributed by atoms with Crippen LogP contribution in [-0.4, -0.2) is 41.7 Å². The van der Waals surface area contributed by atoms with Crippen molar-refractivity contribution in [2.45, 2.75) is 45.6 Å². The van der Waals surface area contributed by atoms with E-state index in [0.717, 1.165) is 37.7 Å². The quantitative estimate of drug-likeness (QED) is 0.440. The molecule has 34 heavy (non-hydrogen) atoms. The predicted octanol–water partition coefficient (Wildman–Crippen LogP) is 4.27. The fourth-order valence-corrected chi connectivity index (χ4v) is 4.65. The molecule has 0 bridgehead atoms. The van der Waals surface area contributed by atoms with E-state index in [0.29, 0.717) is 16.6 Å². The lowest BCUT2D eigenvalue weighted by Crippen LogP contribution is -2.22. The molecule has 0 saturated carbocycles. The smallest absolute Gasteiger partial charge is 0.325 e. The monoisotopic (exact) mass is 468 g/mol. The standard InChI is InChI=1S/C27H30F2N2O3/c1-2-34-26(33)18-31-21(10-9-20-6-5-7-23(28)27(20)29)17-25(32)22-11-8-19(16-24(22)31)12-15-30-13-3-4-14-30/h5-8,11,16-17H,2-4,9-10,12-15,18H2,1H3. The summed E-state index contributed by atoms with van der Waals surface area (Å²) in [7, 11) is 0. The minimum absolute atomic E-state index is 0.0544. The maximum absolute atomic E-state index is 14.2. The molecule has 0 spiro atoms. The largest absolute Gasteiger partial charge is 0.465 e. The molecule has 1 saturated heterocycles. The fraction of sp³-hybridized carbons (Fsp3) is 0.407. The summed E-state index contributed by atoms with van der Waals surface area (Å²) in [4.78, 5) is 27.7. The highest BCUT2D eigenvalue weighted by atomic mass is 19.2. The number of pyridine rings is 1. The Balaban J connectivity index is 1.69. The number of nitrogens with zero attached hydrogens (tertiary/aromatic N) is 2. The average molecular weight is 469 g/mol. The van der Waals surface area contributed by atoms with E-state index in [4.69, 9.17) is 4.74 Å². The number of likely N-dealkylation sites (tertiary alicyclic amines) is 1. The van der Waals surface area contributed by atoms with Crippen LogP contribution in [0.15, 0.2) is 47.3 Å². The van der Waals surface area contributed by atoms with E-state index in [2.05, 4.69) is 4.90 Å². The van der Waals surface area contributed by atoms with Crippen LogP contribution < -0.4 is 5.43 Å². The van der Waals surface area contributed by atoms with Crippen molar-refractivity contribution in [3.05, 3.63) is 81.1 Å². The molecule has 4 rings (SSSR count). The number of hydrogen-bond acceptors (Lipinski definition) is 4. The van der Waals surface area contributed by atoms with Crippen LogP contribution in [0.1, 0.15) is 36.6 Å². The second kappa shape index (κ2) is 10.9. The highest BCUT2D eigenvalue weighted by Crippen LogP contribution is 2.20. The Morgan fingerprint density at radius 1 is 1.03 bits per heavy atom. The van der Waals surface area contributed by atoms with Gasteiger partial charge in [-0.25, -0.2) is 8.78 Å². The van der Waals surface area contributed by atoms with E-state index in [9.17, 15) is 18.4 Å². The van der Waals surface area contributed by atoms with E-state index in [1.807, 2.05) is 18.2 Å². The van der Waals surface area contributed by atoms with Crippen LogP contribution in [0.25, 0.3) is 10.9 Å². The minimum atomic E-state index is -0.900. The molecule has 0 amide bonds. The van der Waals surface area contributed by atoms with Gasteiger partial charge in [-0.2, -0.15) is 0 Å². The summed E-state index contributed by atoms with van der Waals surface area (Å²) in [5.41, 5.74) is 2.41. The number of aryl methyl sites for hydroxylation is 2. The van der Waals surface area contributed by atoms with Crippen molar-refractivity contribution in [3.8, 4) is 0 Å². The Hall–Kier alpha value is -3.06. The SMILES string of the molecule is CCOC(=O)Cn1c(CCc2cccc(F)c2F)cc(=O)c2ccc(CCN3CCCC3)cc21. The number of fused-ring (bicyclic) bond motifs is 1. The van der Waals surface area contributed by atoms with Gasteiger partial charge in [-0.3, -0.25) is 9.59 Å². The first-order chi connectivity index (χ1) is 16.5. The molecule has 3 aromatic rings. The Morgan fingerprint density at radius 3 is 2.59 bits per heavy atom. The molecule has 0 N–H and O–H groups in total. The van der Waals surface area contributed by atoms with E-state index in [-0.39, 0.29) is 37.0 Å². The summed E-state index contributed by atoms with van der Waals surface area (Å²) in [6.07, 6.45) is 3.79. The zero-order chi connectivity index (χ0) is 24.1. The van der Waals surface area contributed by atoms with E-state index in [1.54, 1.807) is 11.5 Å². The number of ether oxygens (including phenoxy) is 1. The predicted molar refractivity (Wildman–Crippen MR) is 128 cm³/mol. The van der Waals surface area contributed by atoms with Crippen LogP contribution in [-0.2, 0) is 35.3 Å². The lowest BCUT2D eigenvalue weighted by molar-refractivity contribution is -0.143. The van der Waals surface area contributed by atoms with Crippen molar-refractivity contribution in [2.24, 2.45) is 0 Å². The highest BCUT2D eigenvalue weighted by Gasteiger charge is 2.16. The number of rotatable bonds is 9. The highest BCUT2D eigenvalue weighted by molar-refractivity contribution is 5.82. The van der Waals surface area contributed by atoms with Crippen molar-refractivity contribution in [3.63, 3.8) is 0 Å². The molecule has 180 valence electrons. The van der Waals surface area contributed by atoms with Gasteiger partial charge in [0.2, 0.25) is 0 Å². The summed E-state index contributed by atoms with van der Waals surface area (Å²) < 4.78 is 34.8. The van der Waals surface area contributed by atoms with Crippen LogP contribution in [0.3, 0.4) is 0 Å². The molecule has 0 aliphatic carbocycles. The van der Waals surface area contributed by atoms with Gasteiger partial charge in [0.25, 0.3) is 0 Å². The Morgan fingerprint density at radius 2 is 1.82 bits per heavy atom. The summed E-state index contributed by atoms with van der Waals surface area (Å²) in [5.74, 6) is -2.19. The topological polar surface area (TPSA) is 51.5 Å². The first-order valence-electron chi connectivity index (χ1n) is 11.9. The number of carbonyl (C=O) groups is 1. The fourth-order valence-electron chi connectivity index (χ4n) is 4.65. The molecule has 2 heterocycles. The van der Waals surface area contributed by atoms with Crippen LogP contribution >= 0.6 is 0 Å². The summed E-state index contributed by atoms with van der Waals surface area (Å²) in [6.45, 7) is 5.12. The third-order valence-corrected chi connectivity index (χ3v) is 6.45. The molecular formula is C27H30F2N2O3. The maximum atomic E-state index is 14.2. The number of halogens is 2. The molecule has 1 aliphatic rings. The second-order valence-corrected chi connectivity index (χ2v) is 8.75. The molecular weight excluding hydrogens is 438 g/mol. The van der Waals surface area contributed by atoms with Gasteiger partial charge >= 0.3 is 5.97 Å². The minimum Gasteiger partial charge on any atom is -0.465 e. The van der Waals surface area contributed by atoms with Gasteiger partial charge in [0.05, 0.1) is 12.1 Å². The summed E-state index contributed by atoms with van der Waals surface area (Å²) in [5, 5.41) is 0.523. The van der Waals surface area contributed by atoms with Crippen molar-refractivity contribution in [2.75, 3.05) is 26.2 Å². The molecule has 0 atom stereocenters. The Kier molecular flexibility index (Phi) is 7.73. The van der Waals surface area contributed by atoms with E-state index < -0.39 is 17.6 Å². The van der Waals surface area contributed by atoms with Gasteiger partial charge in [-0.05, 0) is 81.4 Å². The molecule has 5 nitrogen and oxygen atoms in total. The van der Waals surface area contributed by atoms with Gasteiger partial charge in [0.15, 0.2) is 17.1 Å². The van der Waals surface area contributed by atoms with Gasteiger partial charge < -0.3 is 14.2 Å². The molecule has 1 aliphatic heterocycles. The molecule has 2 aromatic carbocycles. The van der Waals surface area contributed by atoms with Gasteiger partial charge in [0, 0.05) is 23.7 Å². The number of hydrogen-bond donors (Lipinski definition) is 0. The third kappa shape index (κ3) is 5.53. The van der Waals surface area contributed by atoms with Crippen LogP contribution in [0.4, 0.5) is 8.78 Å². The lowest BCUT2D eigenvalue weighted by Gasteiger charge is -2.18. The van der Waals surface area contributed by atoms with Crippen molar-refractivity contribution < 1.29 is 18.3 Å². The Labute approximate surface area is 198 Å². The number of benzene rings is 2. The summed E-state index contributed by atoms with van der Waals surface area (Å²) >= 11 is 0. The zero-order valence-corrected chi connectivity index (χ0v) is 19.5. The lowest BCUT2D eigenvalue weighted by atomic mass is 10.0. The first kappa shape index (κ1) is 24.1. The first-order valence-corrected chi connectivity index (χ1v) is 11.9. The molecule has 0 radical (unpaired) electrons. The number of esters is 1. The van der Waals surface area contributed by atoms with Crippen LogP contribution in [0, 0.1) is 11.6 Å². The van der Waals surface area contributed by atoms with Gasteiger partial charge in [-0.1, -0.05) is 18.2 Å². The van der Waals surface area contributed by atoms with Gasteiger partial charge in [-0.15, -0.1) is 0 Å². The normalized spacial score (nSPS) is 14.1. The maximum Gasteiger partial charge on any atom is 0.325 e. The summed E-state index contributed by atoms with van der Waals surface area (Å²) in [6, 6.07) is 11.3. The van der Waals surface area contributed by atoms with Crippen molar-refractivity contribution in [1.82, 2.24) is 9.47 Å². The Bertz CT molecular complexity index is 1230. The van der Waals surface area contributed by atoms with E-state index in [1.165, 1.54) is 31.0 Å². The molecule has 1 fully saturated rings. The van der Waals surface area contributed by atoms with E-state index >= 15 is 0 Å². The zero-order valence-electron chi connectivity index (χ0n) is 19.5. The van der Waals surface area contributed by atoms with Crippen LogP contribution in [0.2, 0.25) is 0 Å². The van der Waals surface area contributed by atoms with Gasteiger partial charge in [0.1, 0.15) is 6.54 Å². The van der Waals surface area contributed by atoms with Crippen molar-refractivity contribution >= 4 is 16.9 Å². The number of aromatic nitrogens is 1. The third-order valence-electron chi connectivity index (χ3n) is 6.45. The number of carbonyl (C=O) groups excluding carboxylic acids is 1. The van der Waals surface area contributed by atoms with Crippen molar-refractivity contribution in [1.29, 1.82) is 0 Å². The second-order valence-electron chi connectivity index (χ2n) is 8.75. The molecule has 0 unspecified atom stereocenters. The van der Waals surface area contributed by atoms with Crippen LogP contribution in [0.5, 0.6) is 0 Å². The average Bonchev–Trinajstić information content (AvgIpc) is 3.34. The molecule has 1 aromatic heterocycles.